The van der Waals surface area contributed by atoms with E-state index in [0.29, 0.717) is 44.8 Å². The van der Waals surface area contributed by atoms with Crippen molar-refractivity contribution >= 4 is 11.8 Å². The summed E-state index contributed by atoms with van der Waals surface area (Å²) in [5, 5.41) is 6.66. The van der Waals surface area contributed by atoms with Gasteiger partial charge in [-0.3, -0.25) is 14.3 Å². The summed E-state index contributed by atoms with van der Waals surface area (Å²) in [6.45, 7) is 3.36. The smallest absolute Gasteiger partial charge is 0.435 e. The van der Waals surface area contributed by atoms with E-state index >= 15 is 0 Å². The predicted octanol–water partition coefficient (Wildman–Crippen LogP) is 4.52. The summed E-state index contributed by atoms with van der Waals surface area (Å²) in [6.07, 6.45) is 1.38. The minimum absolute atomic E-state index is 0.0163. The van der Waals surface area contributed by atoms with Gasteiger partial charge in [-0.1, -0.05) is 31.0 Å². The van der Waals surface area contributed by atoms with Crippen LogP contribution in [0.15, 0.2) is 30.3 Å². The number of aryl methyl sites for hydroxylation is 3. The summed E-state index contributed by atoms with van der Waals surface area (Å²) < 4.78 is 45.9. The molecule has 1 aromatic heterocycles. The first-order valence-electron chi connectivity index (χ1n) is 13.1. The quantitative estimate of drug-likeness (QED) is 0.646. The van der Waals surface area contributed by atoms with Crippen LogP contribution in [0.25, 0.3) is 0 Å². The van der Waals surface area contributed by atoms with Crippen molar-refractivity contribution in [2.45, 2.75) is 71.0 Å². The molecule has 1 saturated heterocycles. The summed E-state index contributed by atoms with van der Waals surface area (Å²) in [4.78, 5) is 27.8. The fourth-order valence-electron chi connectivity index (χ4n) is 5.33. The summed E-state index contributed by atoms with van der Waals surface area (Å²) in [6, 6.07) is 9.01. The van der Waals surface area contributed by atoms with Crippen molar-refractivity contribution < 1.29 is 27.5 Å². The number of carbonyl (C=O) groups excluding carboxylic acids is 2. The predicted molar refractivity (Wildman–Crippen MR) is 132 cm³/mol. The van der Waals surface area contributed by atoms with E-state index in [4.69, 9.17) is 4.74 Å². The number of hydrogen-bond acceptors (Lipinski definition) is 4. The molecule has 0 unspecified atom stereocenters. The number of ether oxygens (including phenoxy) is 1. The Kier molecular flexibility index (Phi) is 8.44. The molecular formula is C27H35F3N4O3. The largest absolute Gasteiger partial charge is 0.491 e. The Morgan fingerprint density at radius 3 is 2.62 bits per heavy atom. The van der Waals surface area contributed by atoms with Gasteiger partial charge in [0.25, 0.3) is 0 Å². The molecule has 2 aliphatic rings. The highest BCUT2D eigenvalue weighted by molar-refractivity contribution is 5.83. The Morgan fingerprint density at radius 2 is 1.89 bits per heavy atom. The normalized spacial score (nSPS) is 19.1. The standard InChI is InChI=1S/C27H35F3N4O3/c1-20-19-23(27(28,29)30)32-34(20)15-10-24(35)33-16-12-26(13-17-33)11-6-2-3-7-21-8-4-5-9-22(21)37-18-14-31-25(26)36/h4-5,8-9,19H,2-3,6-7,10-18H2,1H3,(H,31,36). The van der Waals surface area contributed by atoms with Crippen molar-refractivity contribution in [1.29, 1.82) is 0 Å². The van der Waals surface area contributed by atoms with Crippen molar-refractivity contribution in [3.63, 3.8) is 0 Å². The Balaban J connectivity index is 1.32. The maximum Gasteiger partial charge on any atom is 0.435 e. The molecule has 7 nitrogen and oxygen atoms in total. The first-order chi connectivity index (χ1) is 17.7. The number of nitrogens with zero attached hydrogens (tertiary/aromatic N) is 3. The monoisotopic (exact) mass is 520 g/mol. The Morgan fingerprint density at radius 1 is 1.14 bits per heavy atom. The second kappa shape index (κ2) is 11.6. The molecule has 2 aliphatic heterocycles. The van der Waals surface area contributed by atoms with Gasteiger partial charge >= 0.3 is 6.18 Å². The number of fused-ring (bicyclic) bond motifs is 1. The summed E-state index contributed by atoms with van der Waals surface area (Å²) in [5.41, 5.74) is 0.0913. The van der Waals surface area contributed by atoms with E-state index in [1.165, 1.54) is 10.2 Å². The molecule has 1 N–H and O–H groups in total. The zero-order chi connectivity index (χ0) is 26.5. The highest BCUT2D eigenvalue weighted by Crippen LogP contribution is 2.38. The summed E-state index contributed by atoms with van der Waals surface area (Å²) >= 11 is 0. The SMILES string of the molecule is Cc1cc(C(F)(F)F)nn1CCC(=O)N1CCC2(CCCCCc3ccccc3OCCNC2=O)CC1. The number of halogens is 3. The van der Waals surface area contributed by atoms with E-state index in [0.717, 1.165) is 43.9 Å². The number of hydrogen-bond donors (Lipinski definition) is 1. The average Bonchev–Trinajstić information content (AvgIpc) is 3.26. The average molecular weight is 521 g/mol. The number of aromatic nitrogens is 2. The number of alkyl halides is 3. The second-order valence-electron chi connectivity index (χ2n) is 10.1. The fraction of sp³-hybridized carbons (Fsp3) is 0.593. The first-order valence-corrected chi connectivity index (χ1v) is 13.1. The van der Waals surface area contributed by atoms with Crippen molar-refractivity contribution in [1.82, 2.24) is 20.0 Å². The summed E-state index contributed by atoms with van der Waals surface area (Å²) in [5.74, 6) is 0.759. The number of para-hydroxylation sites is 1. The van der Waals surface area contributed by atoms with Crippen LogP contribution in [0, 0.1) is 12.3 Å². The molecule has 0 atom stereocenters. The van der Waals surface area contributed by atoms with Gasteiger partial charge in [-0.15, -0.1) is 0 Å². The molecule has 4 rings (SSSR count). The van der Waals surface area contributed by atoms with Gasteiger partial charge in [0.15, 0.2) is 5.69 Å². The van der Waals surface area contributed by atoms with Crippen LogP contribution in [0.3, 0.4) is 0 Å². The van der Waals surface area contributed by atoms with E-state index in [1.807, 2.05) is 18.2 Å². The molecular weight excluding hydrogens is 485 g/mol. The molecule has 0 radical (unpaired) electrons. The molecule has 37 heavy (non-hydrogen) atoms. The van der Waals surface area contributed by atoms with Crippen molar-refractivity contribution in [2.75, 3.05) is 26.2 Å². The molecule has 2 amide bonds. The van der Waals surface area contributed by atoms with Gasteiger partial charge < -0.3 is 15.0 Å². The highest BCUT2D eigenvalue weighted by Gasteiger charge is 2.41. The van der Waals surface area contributed by atoms with Gasteiger partial charge in [0.05, 0.1) is 12.0 Å². The van der Waals surface area contributed by atoms with E-state index in [2.05, 4.69) is 16.5 Å². The van der Waals surface area contributed by atoms with Crippen LogP contribution in [-0.4, -0.2) is 52.7 Å². The number of likely N-dealkylation sites (tertiary alicyclic amines) is 1. The fourth-order valence-corrected chi connectivity index (χ4v) is 5.33. The molecule has 0 saturated carbocycles. The molecule has 1 spiro atoms. The summed E-state index contributed by atoms with van der Waals surface area (Å²) in [7, 11) is 0. The van der Waals surface area contributed by atoms with Crippen molar-refractivity contribution in [3.05, 3.63) is 47.3 Å². The molecule has 1 aromatic carbocycles. The van der Waals surface area contributed by atoms with E-state index in [1.54, 1.807) is 11.8 Å². The van der Waals surface area contributed by atoms with E-state index in [-0.39, 0.29) is 24.8 Å². The van der Waals surface area contributed by atoms with E-state index in [9.17, 15) is 22.8 Å². The lowest BCUT2D eigenvalue weighted by Gasteiger charge is -2.41. The zero-order valence-electron chi connectivity index (χ0n) is 21.3. The Hall–Kier alpha value is -3.04. The third-order valence-electron chi connectivity index (χ3n) is 7.58. The lowest BCUT2D eigenvalue weighted by Crippen LogP contribution is -2.50. The Bertz CT molecular complexity index is 1090. The van der Waals surface area contributed by atoms with Gasteiger partial charge in [-0.2, -0.15) is 18.3 Å². The molecule has 2 aromatic rings. The van der Waals surface area contributed by atoms with Crippen LogP contribution in [0.2, 0.25) is 0 Å². The minimum atomic E-state index is -4.51. The lowest BCUT2D eigenvalue weighted by atomic mass is 9.73. The third-order valence-corrected chi connectivity index (χ3v) is 7.58. The molecule has 0 aliphatic carbocycles. The van der Waals surface area contributed by atoms with Gasteiger partial charge in [0, 0.05) is 31.7 Å². The number of amides is 2. The topological polar surface area (TPSA) is 76.5 Å². The molecule has 10 heteroatoms. The third kappa shape index (κ3) is 6.64. The van der Waals surface area contributed by atoms with Crippen LogP contribution >= 0.6 is 0 Å². The van der Waals surface area contributed by atoms with Crippen molar-refractivity contribution in [3.8, 4) is 5.75 Å². The van der Waals surface area contributed by atoms with Gasteiger partial charge in [0.1, 0.15) is 12.4 Å². The molecule has 3 heterocycles. The van der Waals surface area contributed by atoms with Crippen LogP contribution in [0.5, 0.6) is 5.75 Å². The van der Waals surface area contributed by atoms with Gasteiger partial charge in [-0.25, -0.2) is 0 Å². The number of piperidine rings is 1. The zero-order valence-corrected chi connectivity index (χ0v) is 21.3. The number of nitrogens with one attached hydrogen (secondary N) is 1. The van der Waals surface area contributed by atoms with Crippen LogP contribution in [0.4, 0.5) is 13.2 Å². The maximum atomic E-state index is 13.3. The molecule has 0 bridgehead atoms. The highest BCUT2D eigenvalue weighted by atomic mass is 19.4. The van der Waals surface area contributed by atoms with E-state index < -0.39 is 17.3 Å². The van der Waals surface area contributed by atoms with Crippen LogP contribution in [0.1, 0.15) is 61.9 Å². The lowest BCUT2D eigenvalue weighted by molar-refractivity contribution is -0.142. The minimum Gasteiger partial charge on any atom is -0.491 e. The molecule has 1 fully saturated rings. The van der Waals surface area contributed by atoms with Crippen molar-refractivity contribution in [2.24, 2.45) is 5.41 Å². The first kappa shape index (κ1) is 27.0. The van der Waals surface area contributed by atoms with Gasteiger partial charge in [0.2, 0.25) is 11.8 Å². The Labute approximate surface area is 215 Å². The number of rotatable bonds is 3. The molecule has 202 valence electrons. The number of carbonyl (C=O) groups is 2. The van der Waals surface area contributed by atoms with Crippen LogP contribution in [-0.2, 0) is 28.7 Å². The second-order valence-corrected chi connectivity index (χ2v) is 10.1. The van der Waals surface area contributed by atoms with Crippen LogP contribution < -0.4 is 10.1 Å². The maximum absolute atomic E-state index is 13.3. The number of benzene rings is 1. The van der Waals surface area contributed by atoms with Gasteiger partial charge in [-0.05, 0) is 56.7 Å².